The van der Waals surface area contributed by atoms with Gasteiger partial charge in [-0.2, -0.15) is 0 Å². The van der Waals surface area contributed by atoms with Gasteiger partial charge in [-0.25, -0.2) is 4.39 Å². The van der Waals surface area contributed by atoms with E-state index < -0.39 is 0 Å². The monoisotopic (exact) mass is 281 g/mol. The lowest BCUT2D eigenvalue weighted by atomic mass is 9.98. The lowest BCUT2D eigenvalue weighted by molar-refractivity contribution is 0.158. The van der Waals surface area contributed by atoms with E-state index in [2.05, 4.69) is 16.7 Å². The minimum atomic E-state index is -0.166. The highest BCUT2D eigenvalue weighted by atomic mass is 19.1. The molecular formula is C16H28FN3. The molecule has 0 heterocycles. The van der Waals surface area contributed by atoms with Crippen LogP contribution in [0, 0.1) is 5.82 Å². The van der Waals surface area contributed by atoms with Gasteiger partial charge in [-0.05, 0) is 40.1 Å². The fourth-order valence-corrected chi connectivity index (χ4v) is 2.53. The third-order valence-electron chi connectivity index (χ3n) is 3.46. The van der Waals surface area contributed by atoms with Crippen molar-refractivity contribution in [1.29, 1.82) is 0 Å². The van der Waals surface area contributed by atoms with Crippen molar-refractivity contribution in [2.45, 2.75) is 32.4 Å². The van der Waals surface area contributed by atoms with Crippen LogP contribution in [0.5, 0.6) is 0 Å². The predicted molar refractivity (Wildman–Crippen MR) is 83.2 cm³/mol. The van der Waals surface area contributed by atoms with E-state index in [1.54, 1.807) is 6.07 Å². The van der Waals surface area contributed by atoms with Crippen molar-refractivity contribution in [1.82, 2.24) is 9.80 Å². The highest BCUT2D eigenvalue weighted by Crippen LogP contribution is 2.26. The second kappa shape index (κ2) is 8.35. The first-order chi connectivity index (χ1) is 9.47. The van der Waals surface area contributed by atoms with Crippen molar-refractivity contribution in [3.63, 3.8) is 0 Å². The summed E-state index contributed by atoms with van der Waals surface area (Å²) in [5, 5.41) is 0. The van der Waals surface area contributed by atoms with Gasteiger partial charge in [-0.3, -0.25) is 4.90 Å². The number of likely N-dealkylation sites (N-methyl/N-ethyl adjacent to an activating group) is 1. The maximum absolute atomic E-state index is 14.1. The van der Waals surface area contributed by atoms with Gasteiger partial charge in [0.1, 0.15) is 5.82 Å². The molecule has 2 unspecified atom stereocenters. The lowest BCUT2D eigenvalue weighted by Crippen LogP contribution is -2.43. The minimum Gasteiger partial charge on any atom is -0.326 e. The Kier molecular flexibility index (Phi) is 7.13. The Balaban J connectivity index is 2.99. The molecule has 0 aromatic heterocycles. The Bertz CT molecular complexity index is 393. The summed E-state index contributed by atoms with van der Waals surface area (Å²) >= 11 is 0. The minimum absolute atomic E-state index is 0.0731. The van der Waals surface area contributed by atoms with Gasteiger partial charge in [-0.15, -0.1) is 0 Å². The summed E-state index contributed by atoms with van der Waals surface area (Å²) in [6.45, 7) is 6.85. The van der Waals surface area contributed by atoms with E-state index in [-0.39, 0.29) is 17.9 Å². The summed E-state index contributed by atoms with van der Waals surface area (Å²) in [5.41, 5.74) is 6.86. The van der Waals surface area contributed by atoms with Crippen LogP contribution in [0.4, 0.5) is 4.39 Å². The zero-order valence-electron chi connectivity index (χ0n) is 13.1. The molecule has 0 saturated heterocycles. The van der Waals surface area contributed by atoms with Crippen molar-refractivity contribution in [2.75, 3.05) is 33.7 Å². The van der Waals surface area contributed by atoms with Gasteiger partial charge in [-0.1, -0.05) is 25.1 Å². The van der Waals surface area contributed by atoms with Crippen LogP contribution in [-0.2, 0) is 0 Å². The zero-order chi connectivity index (χ0) is 15.1. The number of nitrogens with zero attached hydrogens (tertiary/aromatic N) is 2. The summed E-state index contributed by atoms with van der Waals surface area (Å²) in [6, 6.07) is 6.78. The number of halogens is 1. The Morgan fingerprint density at radius 2 is 1.80 bits per heavy atom. The lowest BCUT2D eigenvalue weighted by Gasteiger charge is -2.35. The molecule has 3 nitrogen and oxygen atoms in total. The van der Waals surface area contributed by atoms with Crippen molar-refractivity contribution in [2.24, 2.45) is 5.73 Å². The molecule has 20 heavy (non-hydrogen) atoms. The molecule has 0 aliphatic carbocycles. The largest absolute Gasteiger partial charge is 0.326 e. The maximum atomic E-state index is 14.1. The second-order valence-corrected chi connectivity index (χ2v) is 5.66. The van der Waals surface area contributed by atoms with Gasteiger partial charge < -0.3 is 10.6 Å². The van der Waals surface area contributed by atoms with Crippen molar-refractivity contribution < 1.29 is 4.39 Å². The van der Waals surface area contributed by atoms with Gasteiger partial charge in [0.05, 0.1) is 6.04 Å². The molecule has 0 spiro atoms. The van der Waals surface area contributed by atoms with Gasteiger partial charge in [0, 0.05) is 24.7 Å². The van der Waals surface area contributed by atoms with Crippen molar-refractivity contribution in [3.8, 4) is 0 Å². The Morgan fingerprint density at radius 3 is 2.30 bits per heavy atom. The van der Waals surface area contributed by atoms with Crippen molar-refractivity contribution in [3.05, 3.63) is 35.6 Å². The molecular weight excluding hydrogens is 253 g/mol. The van der Waals surface area contributed by atoms with E-state index in [4.69, 9.17) is 5.73 Å². The predicted octanol–water partition coefficient (Wildman–Crippen LogP) is 2.49. The van der Waals surface area contributed by atoms with Gasteiger partial charge in [0.2, 0.25) is 0 Å². The van der Waals surface area contributed by atoms with Crippen LogP contribution in [-0.4, -0.2) is 49.6 Å². The molecule has 1 rings (SSSR count). The van der Waals surface area contributed by atoms with Gasteiger partial charge >= 0.3 is 0 Å². The van der Waals surface area contributed by atoms with Crippen LogP contribution in [0.2, 0.25) is 0 Å². The van der Waals surface area contributed by atoms with Crippen LogP contribution in [0.25, 0.3) is 0 Å². The van der Waals surface area contributed by atoms with Gasteiger partial charge in [0.15, 0.2) is 0 Å². The molecule has 0 amide bonds. The zero-order valence-corrected chi connectivity index (χ0v) is 13.1. The van der Waals surface area contributed by atoms with Crippen LogP contribution >= 0.6 is 0 Å². The number of nitrogens with two attached hydrogens (primary N) is 1. The average molecular weight is 281 g/mol. The highest BCUT2D eigenvalue weighted by Gasteiger charge is 2.25. The number of rotatable bonds is 8. The number of hydrogen-bond donors (Lipinski definition) is 1. The Hall–Kier alpha value is -0.970. The van der Waals surface area contributed by atoms with E-state index in [9.17, 15) is 4.39 Å². The standard InChI is InChI=1S/C16H28FN3/c1-5-10-20(12-11-19(3)4)16(13(2)18)14-8-6-7-9-15(14)17/h6-9,13,16H,5,10-12,18H2,1-4H3. The third-order valence-corrected chi connectivity index (χ3v) is 3.46. The first-order valence-electron chi connectivity index (χ1n) is 7.36. The fourth-order valence-electron chi connectivity index (χ4n) is 2.53. The molecule has 4 heteroatoms. The van der Waals surface area contributed by atoms with Crippen LogP contribution in [0.3, 0.4) is 0 Å². The third kappa shape index (κ3) is 4.85. The molecule has 0 aliphatic rings. The molecule has 0 aliphatic heterocycles. The molecule has 114 valence electrons. The molecule has 0 bridgehead atoms. The first-order valence-corrected chi connectivity index (χ1v) is 7.36. The van der Waals surface area contributed by atoms with Crippen LogP contribution in [0.15, 0.2) is 24.3 Å². The Morgan fingerprint density at radius 1 is 1.15 bits per heavy atom. The molecule has 0 radical (unpaired) electrons. The quantitative estimate of drug-likeness (QED) is 0.794. The summed E-state index contributed by atoms with van der Waals surface area (Å²) in [4.78, 5) is 4.44. The van der Waals surface area contributed by atoms with Crippen LogP contribution in [0.1, 0.15) is 31.9 Å². The average Bonchev–Trinajstić information content (AvgIpc) is 2.38. The second-order valence-electron chi connectivity index (χ2n) is 5.66. The fraction of sp³-hybridized carbons (Fsp3) is 0.625. The summed E-state index contributed by atoms with van der Waals surface area (Å²) < 4.78 is 14.1. The maximum Gasteiger partial charge on any atom is 0.128 e. The molecule has 2 atom stereocenters. The van der Waals surface area contributed by atoms with E-state index in [1.807, 2.05) is 33.2 Å². The van der Waals surface area contributed by atoms with E-state index in [0.717, 1.165) is 26.1 Å². The SMILES string of the molecule is CCCN(CCN(C)C)C(c1ccccc1F)C(C)N. The summed E-state index contributed by atoms with van der Waals surface area (Å²) in [7, 11) is 4.10. The number of hydrogen-bond acceptors (Lipinski definition) is 3. The molecule has 1 aromatic rings. The number of benzene rings is 1. The highest BCUT2D eigenvalue weighted by molar-refractivity contribution is 5.22. The van der Waals surface area contributed by atoms with E-state index in [0.29, 0.717) is 5.56 Å². The summed E-state index contributed by atoms with van der Waals surface area (Å²) in [6.07, 6.45) is 1.03. The molecule has 1 aromatic carbocycles. The molecule has 2 N–H and O–H groups in total. The first kappa shape index (κ1) is 17.1. The van der Waals surface area contributed by atoms with Crippen LogP contribution < -0.4 is 5.73 Å². The smallest absolute Gasteiger partial charge is 0.128 e. The molecule has 0 fully saturated rings. The van der Waals surface area contributed by atoms with Crippen molar-refractivity contribution >= 4 is 0 Å². The normalized spacial score (nSPS) is 14.8. The Labute approximate surface area is 122 Å². The summed E-state index contributed by atoms with van der Waals surface area (Å²) in [5.74, 6) is -0.166. The van der Waals surface area contributed by atoms with E-state index >= 15 is 0 Å². The van der Waals surface area contributed by atoms with Gasteiger partial charge in [0.25, 0.3) is 0 Å². The van der Waals surface area contributed by atoms with E-state index in [1.165, 1.54) is 6.07 Å². The molecule has 0 saturated carbocycles. The topological polar surface area (TPSA) is 32.5 Å².